The molecule has 2 aromatic carbocycles. The van der Waals surface area contributed by atoms with Crippen molar-refractivity contribution in [1.29, 1.82) is 0 Å². The van der Waals surface area contributed by atoms with Crippen molar-refractivity contribution >= 4 is 5.78 Å². The first-order valence-electron chi connectivity index (χ1n) is 6.73. The maximum atomic E-state index is 12.5. The average molecular weight is 308 g/mol. The number of carbonyl (C=O) groups excluding carboxylic acids is 1. The molecule has 0 saturated carbocycles. The largest absolute Gasteiger partial charge is 0.497 e. The first-order chi connectivity index (χ1) is 10.4. The van der Waals surface area contributed by atoms with Crippen LogP contribution in [0.25, 0.3) is 0 Å². The maximum absolute atomic E-state index is 12.5. The van der Waals surface area contributed by atoms with Gasteiger partial charge in [0.05, 0.1) is 12.7 Å². The molecule has 116 valence electrons. The molecule has 0 bridgehead atoms. The molecular weight excluding hydrogens is 293 g/mol. The van der Waals surface area contributed by atoms with E-state index in [0.29, 0.717) is 23.3 Å². The molecule has 0 aliphatic rings. The van der Waals surface area contributed by atoms with E-state index in [-0.39, 0.29) is 12.2 Å². The smallest absolute Gasteiger partial charge is 0.416 e. The molecule has 0 heterocycles. The van der Waals surface area contributed by atoms with Crippen LogP contribution in [0.3, 0.4) is 0 Å². The number of benzene rings is 2. The van der Waals surface area contributed by atoms with Crippen molar-refractivity contribution in [2.24, 2.45) is 0 Å². The van der Waals surface area contributed by atoms with E-state index in [1.165, 1.54) is 19.2 Å². The Balaban J connectivity index is 1.99. The second kappa shape index (κ2) is 6.64. The lowest BCUT2D eigenvalue weighted by Gasteiger charge is -2.08. The number of rotatable bonds is 5. The number of alkyl halides is 3. The highest BCUT2D eigenvalue weighted by molar-refractivity contribution is 5.96. The highest BCUT2D eigenvalue weighted by Crippen LogP contribution is 2.29. The summed E-state index contributed by atoms with van der Waals surface area (Å²) in [6, 6.07) is 11.7. The molecule has 0 saturated heterocycles. The quantitative estimate of drug-likeness (QED) is 0.759. The van der Waals surface area contributed by atoms with Crippen LogP contribution in [0.15, 0.2) is 48.5 Å². The van der Waals surface area contributed by atoms with Crippen molar-refractivity contribution in [2.75, 3.05) is 7.11 Å². The highest BCUT2D eigenvalue weighted by Gasteiger charge is 2.29. The molecule has 0 N–H and O–H groups in total. The molecule has 0 radical (unpaired) electrons. The predicted octanol–water partition coefficient (Wildman–Crippen LogP) is 4.53. The third-order valence-corrected chi connectivity index (χ3v) is 3.31. The molecule has 0 spiro atoms. The van der Waals surface area contributed by atoms with E-state index >= 15 is 0 Å². The van der Waals surface area contributed by atoms with E-state index in [1.807, 2.05) is 0 Å². The average Bonchev–Trinajstić information content (AvgIpc) is 2.52. The molecule has 0 aliphatic carbocycles. The Kier molecular flexibility index (Phi) is 4.85. The van der Waals surface area contributed by atoms with Gasteiger partial charge in [-0.2, -0.15) is 13.2 Å². The number of Topliss-reactive ketones (excluding diaryl/α,β-unsaturated/α-hetero) is 1. The maximum Gasteiger partial charge on any atom is 0.416 e. The minimum absolute atomic E-state index is 0.0706. The molecule has 0 unspecified atom stereocenters. The van der Waals surface area contributed by atoms with Crippen LogP contribution < -0.4 is 4.74 Å². The Morgan fingerprint density at radius 3 is 2.36 bits per heavy atom. The monoisotopic (exact) mass is 308 g/mol. The zero-order valence-corrected chi connectivity index (χ0v) is 12.0. The van der Waals surface area contributed by atoms with Gasteiger partial charge in [-0.3, -0.25) is 4.79 Å². The molecule has 22 heavy (non-hydrogen) atoms. The van der Waals surface area contributed by atoms with Gasteiger partial charge in [0, 0.05) is 12.0 Å². The molecule has 0 aromatic heterocycles. The molecule has 0 atom stereocenters. The third kappa shape index (κ3) is 4.10. The zero-order chi connectivity index (χ0) is 16.2. The number of halogens is 3. The molecule has 2 rings (SSSR count). The van der Waals surface area contributed by atoms with Crippen molar-refractivity contribution in [1.82, 2.24) is 0 Å². The van der Waals surface area contributed by atoms with Crippen LogP contribution in [0.2, 0.25) is 0 Å². The molecule has 0 amide bonds. The lowest BCUT2D eigenvalue weighted by Crippen LogP contribution is -2.05. The SMILES string of the molecule is COc1cccc(C(=O)CCc2ccc(C(F)(F)F)cc2)c1. The van der Waals surface area contributed by atoms with E-state index in [1.54, 1.807) is 24.3 Å². The Morgan fingerprint density at radius 1 is 1.09 bits per heavy atom. The van der Waals surface area contributed by atoms with Gasteiger partial charge in [0.25, 0.3) is 0 Å². The Hall–Kier alpha value is -2.30. The number of aryl methyl sites for hydroxylation is 1. The molecule has 2 nitrogen and oxygen atoms in total. The second-order valence-corrected chi connectivity index (χ2v) is 4.85. The minimum atomic E-state index is -4.34. The van der Waals surface area contributed by atoms with Crippen LogP contribution in [0.1, 0.15) is 27.9 Å². The number of methoxy groups -OCH3 is 1. The highest BCUT2D eigenvalue weighted by atomic mass is 19.4. The van der Waals surface area contributed by atoms with Gasteiger partial charge in [-0.15, -0.1) is 0 Å². The molecule has 0 fully saturated rings. The number of ether oxygens (including phenoxy) is 1. The standard InChI is InChI=1S/C17H15F3O2/c1-22-15-4-2-3-13(11-15)16(21)10-7-12-5-8-14(9-6-12)17(18,19)20/h2-6,8-9,11H,7,10H2,1H3. The summed E-state index contributed by atoms with van der Waals surface area (Å²) in [7, 11) is 1.52. The van der Waals surface area contributed by atoms with Gasteiger partial charge in [-0.25, -0.2) is 0 Å². The number of hydrogen-bond donors (Lipinski definition) is 0. The van der Waals surface area contributed by atoms with Crippen molar-refractivity contribution in [2.45, 2.75) is 19.0 Å². The van der Waals surface area contributed by atoms with Crippen LogP contribution in [0.5, 0.6) is 5.75 Å². The molecule has 0 aliphatic heterocycles. The first-order valence-corrected chi connectivity index (χ1v) is 6.73. The van der Waals surface area contributed by atoms with Gasteiger partial charge < -0.3 is 4.74 Å². The summed E-state index contributed by atoms with van der Waals surface area (Å²) in [5.41, 5.74) is 0.547. The summed E-state index contributed by atoms with van der Waals surface area (Å²) in [5, 5.41) is 0. The summed E-state index contributed by atoms with van der Waals surface area (Å²) in [4.78, 5) is 12.1. The Labute approximate surface area is 126 Å². The van der Waals surface area contributed by atoms with Gasteiger partial charge in [-0.05, 0) is 36.2 Å². The fourth-order valence-corrected chi connectivity index (χ4v) is 2.06. The molecule has 2 aromatic rings. The fourth-order valence-electron chi connectivity index (χ4n) is 2.06. The normalized spacial score (nSPS) is 11.3. The second-order valence-electron chi connectivity index (χ2n) is 4.85. The minimum Gasteiger partial charge on any atom is -0.497 e. The lowest BCUT2D eigenvalue weighted by atomic mass is 10.0. The van der Waals surface area contributed by atoms with E-state index in [4.69, 9.17) is 4.74 Å². The van der Waals surface area contributed by atoms with Gasteiger partial charge in [0.2, 0.25) is 0 Å². The van der Waals surface area contributed by atoms with E-state index in [2.05, 4.69) is 0 Å². The summed E-state index contributed by atoms with van der Waals surface area (Å²) in [6.07, 6.45) is -3.71. The molecular formula is C17H15F3O2. The summed E-state index contributed by atoms with van der Waals surface area (Å²) in [5.74, 6) is 0.527. The molecule has 5 heteroatoms. The topological polar surface area (TPSA) is 26.3 Å². The Bertz CT molecular complexity index is 646. The fraction of sp³-hybridized carbons (Fsp3) is 0.235. The first kappa shape index (κ1) is 16.1. The van der Waals surface area contributed by atoms with Crippen molar-refractivity contribution in [3.63, 3.8) is 0 Å². The number of ketones is 1. The van der Waals surface area contributed by atoms with Gasteiger partial charge in [0.15, 0.2) is 5.78 Å². The lowest BCUT2D eigenvalue weighted by molar-refractivity contribution is -0.137. The number of carbonyl (C=O) groups is 1. The Morgan fingerprint density at radius 2 is 1.77 bits per heavy atom. The van der Waals surface area contributed by atoms with Crippen molar-refractivity contribution in [3.8, 4) is 5.75 Å². The van der Waals surface area contributed by atoms with Crippen LogP contribution >= 0.6 is 0 Å². The predicted molar refractivity (Wildman–Crippen MR) is 77.1 cm³/mol. The van der Waals surface area contributed by atoms with Crippen LogP contribution in [-0.2, 0) is 12.6 Å². The van der Waals surface area contributed by atoms with Crippen LogP contribution in [0.4, 0.5) is 13.2 Å². The van der Waals surface area contributed by atoms with Gasteiger partial charge in [0.1, 0.15) is 5.75 Å². The third-order valence-electron chi connectivity index (χ3n) is 3.31. The van der Waals surface area contributed by atoms with Crippen LogP contribution in [0, 0.1) is 0 Å². The van der Waals surface area contributed by atoms with Gasteiger partial charge in [-0.1, -0.05) is 24.3 Å². The van der Waals surface area contributed by atoms with E-state index in [0.717, 1.165) is 12.1 Å². The van der Waals surface area contributed by atoms with E-state index in [9.17, 15) is 18.0 Å². The number of hydrogen-bond acceptors (Lipinski definition) is 2. The van der Waals surface area contributed by atoms with E-state index < -0.39 is 11.7 Å². The van der Waals surface area contributed by atoms with Crippen molar-refractivity contribution < 1.29 is 22.7 Å². The van der Waals surface area contributed by atoms with Crippen molar-refractivity contribution in [3.05, 3.63) is 65.2 Å². The summed E-state index contributed by atoms with van der Waals surface area (Å²) >= 11 is 0. The summed E-state index contributed by atoms with van der Waals surface area (Å²) in [6.45, 7) is 0. The summed E-state index contributed by atoms with van der Waals surface area (Å²) < 4.78 is 42.4. The van der Waals surface area contributed by atoms with Crippen LogP contribution in [-0.4, -0.2) is 12.9 Å². The van der Waals surface area contributed by atoms with Gasteiger partial charge >= 0.3 is 6.18 Å². The zero-order valence-electron chi connectivity index (χ0n) is 12.0.